The van der Waals surface area contributed by atoms with Crippen LogP contribution in [-0.2, 0) is 0 Å². The fourth-order valence-corrected chi connectivity index (χ4v) is 5.72. The van der Waals surface area contributed by atoms with Gasteiger partial charge in [0.05, 0.1) is 33.5 Å². The first-order valence-electron chi connectivity index (χ1n) is 14.1. The largest absolute Gasteiger partial charge is 0.251 e. The first-order valence-corrected chi connectivity index (χ1v) is 14.1. The highest BCUT2D eigenvalue weighted by Crippen LogP contribution is 2.31. The molecule has 0 unspecified atom stereocenters. The van der Waals surface area contributed by atoms with Crippen LogP contribution in [0.15, 0.2) is 121 Å². The minimum atomic E-state index is 0.939. The van der Waals surface area contributed by atoms with Gasteiger partial charge < -0.3 is 0 Å². The molecular weight excluding hydrogens is 512 g/mol. The highest BCUT2D eigenvalue weighted by Gasteiger charge is 2.10. The van der Waals surface area contributed by atoms with Gasteiger partial charge in [-0.15, -0.1) is 0 Å². The minimum Gasteiger partial charge on any atom is -0.251 e. The monoisotopic (exact) mass is 538 g/mol. The van der Waals surface area contributed by atoms with Crippen molar-refractivity contribution in [3.63, 3.8) is 0 Å². The van der Waals surface area contributed by atoms with Crippen LogP contribution in [0, 0.1) is 13.8 Å². The SMILES string of the molecule is Cc1ccc2ccc3ccc(-c4ccc(-c5ccc(-c6ccc7ccc8ccc(C)nc8c7n6)cc5)cc4)nc3c2n1. The van der Waals surface area contributed by atoms with Crippen molar-refractivity contribution in [2.24, 2.45) is 0 Å². The Morgan fingerprint density at radius 3 is 0.952 bits per heavy atom. The number of benzene rings is 4. The Morgan fingerprint density at radius 2 is 0.571 bits per heavy atom. The first kappa shape index (κ1) is 24.3. The van der Waals surface area contributed by atoms with Gasteiger partial charge >= 0.3 is 0 Å². The van der Waals surface area contributed by atoms with E-state index < -0.39 is 0 Å². The molecule has 0 atom stereocenters. The Kier molecular flexibility index (Phi) is 5.54. The van der Waals surface area contributed by atoms with E-state index in [0.717, 1.165) is 88.6 Å². The third kappa shape index (κ3) is 4.16. The lowest BCUT2D eigenvalue weighted by molar-refractivity contribution is 1.25. The van der Waals surface area contributed by atoms with Gasteiger partial charge in [0, 0.05) is 44.1 Å². The van der Waals surface area contributed by atoms with Gasteiger partial charge in [0.1, 0.15) is 0 Å². The zero-order valence-electron chi connectivity index (χ0n) is 23.3. The van der Waals surface area contributed by atoms with Crippen molar-refractivity contribution < 1.29 is 0 Å². The lowest BCUT2D eigenvalue weighted by Gasteiger charge is -2.09. The highest BCUT2D eigenvalue weighted by molar-refractivity contribution is 6.04. The van der Waals surface area contributed by atoms with Gasteiger partial charge in [0.25, 0.3) is 0 Å². The summed E-state index contributed by atoms with van der Waals surface area (Å²) >= 11 is 0. The maximum absolute atomic E-state index is 5.03. The van der Waals surface area contributed by atoms with Crippen molar-refractivity contribution in [1.29, 1.82) is 0 Å². The number of aryl methyl sites for hydroxylation is 2. The number of rotatable bonds is 3. The molecule has 4 nitrogen and oxygen atoms in total. The molecule has 4 heterocycles. The van der Waals surface area contributed by atoms with E-state index >= 15 is 0 Å². The second-order valence-electron chi connectivity index (χ2n) is 10.9. The summed E-state index contributed by atoms with van der Waals surface area (Å²) in [6.07, 6.45) is 0. The van der Waals surface area contributed by atoms with Crippen LogP contribution in [0.4, 0.5) is 0 Å². The molecule has 0 fully saturated rings. The van der Waals surface area contributed by atoms with E-state index in [-0.39, 0.29) is 0 Å². The molecule has 0 aliphatic heterocycles. The van der Waals surface area contributed by atoms with Gasteiger partial charge in [-0.2, -0.15) is 0 Å². The Balaban J connectivity index is 1.11. The van der Waals surface area contributed by atoms with Crippen molar-refractivity contribution in [2.75, 3.05) is 0 Å². The lowest BCUT2D eigenvalue weighted by Crippen LogP contribution is -1.91. The topological polar surface area (TPSA) is 51.6 Å². The van der Waals surface area contributed by atoms with E-state index in [0.29, 0.717) is 0 Å². The van der Waals surface area contributed by atoms with Gasteiger partial charge in [-0.3, -0.25) is 9.97 Å². The predicted molar refractivity (Wildman–Crippen MR) is 173 cm³/mol. The summed E-state index contributed by atoms with van der Waals surface area (Å²) < 4.78 is 0. The molecule has 0 N–H and O–H groups in total. The normalized spacial score (nSPS) is 11.6. The van der Waals surface area contributed by atoms with Crippen molar-refractivity contribution in [1.82, 2.24) is 19.9 Å². The third-order valence-corrected chi connectivity index (χ3v) is 8.01. The fraction of sp³-hybridized carbons (Fsp3) is 0.0526. The van der Waals surface area contributed by atoms with Crippen LogP contribution < -0.4 is 0 Å². The van der Waals surface area contributed by atoms with Gasteiger partial charge in [0.2, 0.25) is 0 Å². The maximum atomic E-state index is 5.03. The molecule has 0 aliphatic carbocycles. The molecule has 0 saturated heterocycles. The molecule has 4 aromatic heterocycles. The summed E-state index contributed by atoms with van der Waals surface area (Å²) in [6.45, 7) is 4.04. The molecule has 8 rings (SSSR count). The maximum Gasteiger partial charge on any atom is 0.0972 e. The van der Waals surface area contributed by atoms with Crippen LogP contribution in [-0.4, -0.2) is 19.9 Å². The summed E-state index contributed by atoms with van der Waals surface area (Å²) in [5.74, 6) is 0. The van der Waals surface area contributed by atoms with E-state index in [1.54, 1.807) is 0 Å². The van der Waals surface area contributed by atoms with Crippen LogP contribution in [0.25, 0.3) is 77.3 Å². The molecule has 0 bridgehead atoms. The van der Waals surface area contributed by atoms with Crippen LogP contribution in [0.1, 0.15) is 11.4 Å². The van der Waals surface area contributed by atoms with E-state index in [1.807, 2.05) is 26.0 Å². The quantitative estimate of drug-likeness (QED) is 0.210. The third-order valence-electron chi connectivity index (χ3n) is 8.01. The molecule has 4 aromatic carbocycles. The van der Waals surface area contributed by atoms with Crippen LogP contribution in [0.3, 0.4) is 0 Å². The molecule has 42 heavy (non-hydrogen) atoms. The molecule has 0 aliphatic rings. The average molecular weight is 539 g/mol. The Hall–Kier alpha value is -5.48. The smallest absolute Gasteiger partial charge is 0.0972 e. The minimum absolute atomic E-state index is 0.939. The molecular formula is C38H26N4. The van der Waals surface area contributed by atoms with E-state index in [2.05, 4.69) is 109 Å². The zero-order chi connectivity index (χ0) is 28.2. The van der Waals surface area contributed by atoms with Crippen molar-refractivity contribution in [2.45, 2.75) is 13.8 Å². The molecule has 198 valence electrons. The average Bonchev–Trinajstić information content (AvgIpc) is 3.04. The summed E-state index contributed by atoms with van der Waals surface area (Å²) in [5.41, 5.74) is 12.1. The Labute approximate surface area is 243 Å². The number of aromatic nitrogens is 4. The lowest BCUT2D eigenvalue weighted by atomic mass is 10.00. The number of fused-ring (bicyclic) bond motifs is 6. The van der Waals surface area contributed by atoms with Crippen molar-refractivity contribution in [3.8, 4) is 33.6 Å². The van der Waals surface area contributed by atoms with Gasteiger partial charge in [-0.25, -0.2) is 9.97 Å². The fourth-order valence-electron chi connectivity index (χ4n) is 5.72. The summed E-state index contributed by atoms with van der Waals surface area (Å²) in [7, 11) is 0. The summed E-state index contributed by atoms with van der Waals surface area (Å²) in [6, 6.07) is 42.4. The molecule has 0 spiro atoms. The predicted octanol–water partition coefficient (Wildman–Crippen LogP) is 9.50. The van der Waals surface area contributed by atoms with E-state index in [9.17, 15) is 0 Å². The molecule has 8 aromatic rings. The second kappa shape index (κ2) is 9.57. The number of hydrogen-bond donors (Lipinski definition) is 0. The molecule has 4 heteroatoms. The van der Waals surface area contributed by atoms with Crippen molar-refractivity contribution in [3.05, 3.63) is 133 Å². The summed E-state index contributed by atoms with van der Waals surface area (Å²) in [4.78, 5) is 19.6. The molecule has 0 amide bonds. The van der Waals surface area contributed by atoms with Gasteiger partial charge in [0.15, 0.2) is 0 Å². The number of pyridine rings is 4. The highest BCUT2D eigenvalue weighted by atomic mass is 14.8. The number of nitrogens with zero attached hydrogens (tertiary/aromatic N) is 4. The standard InChI is InChI=1S/C38H26N4/c1-23-3-5-29-15-17-31-19-21-33(41-37(31)35(29)39-23)27-11-7-25(8-12-27)26-9-13-28(14-10-26)34-22-20-32-18-16-30-6-4-24(2)40-36(30)38(32)42-34/h3-22H,1-2H3. The van der Waals surface area contributed by atoms with E-state index in [4.69, 9.17) is 19.9 Å². The summed E-state index contributed by atoms with van der Waals surface area (Å²) in [5, 5.41) is 4.41. The molecule has 0 radical (unpaired) electrons. The van der Waals surface area contributed by atoms with Crippen molar-refractivity contribution >= 4 is 43.6 Å². The zero-order valence-corrected chi connectivity index (χ0v) is 23.3. The van der Waals surface area contributed by atoms with Crippen LogP contribution >= 0.6 is 0 Å². The van der Waals surface area contributed by atoms with Crippen LogP contribution in [0.2, 0.25) is 0 Å². The first-order chi connectivity index (χ1) is 20.6. The Morgan fingerprint density at radius 1 is 0.286 bits per heavy atom. The van der Waals surface area contributed by atoms with E-state index in [1.165, 1.54) is 0 Å². The Bertz CT molecular complexity index is 2140. The molecule has 0 saturated carbocycles. The van der Waals surface area contributed by atoms with Gasteiger partial charge in [-0.1, -0.05) is 97.1 Å². The second-order valence-corrected chi connectivity index (χ2v) is 10.9. The van der Waals surface area contributed by atoms with Gasteiger partial charge in [-0.05, 0) is 49.2 Å². The van der Waals surface area contributed by atoms with Crippen LogP contribution in [0.5, 0.6) is 0 Å². The number of hydrogen-bond acceptors (Lipinski definition) is 4.